The standard InChI is InChI=1S/C12H14ClN3O2/c1-16-7-8(5-6-11(16)17)14-12(18)9-3-2-4-10(13)15-9/h2-4,8H,5-7H2,1H3,(H,14,18). The number of amides is 2. The fourth-order valence-corrected chi connectivity index (χ4v) is 2.09. The molecule has 1 aliphatic heterocycles. The summed E-state index contributed by atoms with van der Waals surface area (Å²) in [5, 5.41) is 3.15. The van der Waals surface area contributed by atoms with E-state index < -0.39 is 0 Å². The maximum atomic E-state index is 11.9. The molecule has 1 N–H and O–H groups in total. The lowest BCUT2D eigenvalue weighted by atomic mass is 10.1. The van der Waals surface area contributed by atoms with E-state index in [2.05, 4.69) is 10.3 Å². The molecule has 2 heterocycles. The minimum absolute atomic E-state index is 0.0269. The van der Waals surface area contributed by atoms with Crippen molar-refractivity contribution in [2.24, 2.45) is 0 Å². The van der Waals surface area contributed by atoms with Gasteiger partial charge in [-0.2, -0.15) is 0 Å². The van der Waals surface area contributed by atoms with Gasteiger partial charge >= 0.3 is 0 Å². The van der Waals surface area contributed by atoms with Crippen LogP contribution in [-0.4, -0.2) is 41.3 Å². The molecule has 18 heavy (non-hydrogen) atoms. The Balaban J connectivity index is 1.98. The highest BCUT2D eigenvalue weighted by atomic mass is 35.5. The molecule has 6 heteroatoms. The van der Waals surface area contributed by atoms with Gasteiger partial charge < -0.3 is 10.2 Å². The van der Waals surface area contributed by atoms with E-state index in [-0.39, 0.29) is 17.9 Å². The van der Waals surface area contributed by atoms with E-state index in [1.807, 2.05) is 0 Å². The van der Waals surface area contributed by atoms with Crippen molar-refractivity contribution in [3.8, 4) is 0 Å². The lowest BCUT2D eigenvalue weighted by molar-refractivity contribution is -0.132. The van der Waals surface area contributed by atoms with Gasteiger partial charge in [0.2, 0.25) is 5.91 Å². The Morgan fingerprint density at radius 2 is 2.33 bits per heavy atom. The minimum atomic E-state index is -0.259. The lowest BCUT2D eigenvalue weighted by Crippen LogP contribution is -2.48. The predicted molar refractivity (Wildman–Crippen MR) is 67.4 cm³/mol. The number of halogens is 1. The topological polar surface area (TPSA) is 62.3 Å². The number of nitrogens with zero attached hydrogens (tertiary/aromatic N) is 2. The van der Waals surface area contributed by atoms with Crippen molar-refractivity contribution in [3.63, 3.8) is 0 Å². The Kier molecular flexibility index (Phi) is 3.81. The summed E-state index contributed by atoms with van der Waals surface area (Å²) >= 11 is 5.73. The predicted octanol–water partition coefficient (Wildman–Crippen LogP) is 1.09. The number of piperidine rings is 1. The average molecular weight is 268 g/mol. The summed E-state index contributed by atoms with van der Waals surface area (Å²) in [7, 11) is 1.73. The Morgan fingerprint density at radius 1 is 1.56 bits per heavy atom. The number of carbonyl (C=O) groups is 2. The van der Waals surface area contributed by atoms with Gasteiger partial charge in [-0.05, 0) is 18.6 Å². The highest BCUT2D eigenvalue weighted by Crippen LogP contribution is 2.11. The Bertz CT molecular complexity index is 478. The van der Waals surface area contributed by atoms with Gasteiger partial charge in [-0.15, -0.1) is 0 Å². The first-order valence-corrected chi connectivity index (χ1v) is 6.11. The zero-order valence-electron chi connectivity index (χ0n) is 10.0. The third kappa shape index (κ3) is 2.98. The smallest absolute Gasteiger partial charge is 0.270 e. The highest BCUT2D eigenvalue weighted by molar-refractivity contribution is 6.29. The zero-order valence-corrected chi connectivity index (χ0v) is 10.8. The van der Waals surface area contributed by atoms with Gasteiger partial charge in [0.15, 0.2) is 0 Å². The van der Waals surface area contributed by atoms with Gasteiger partial charge in [-0.3, -0.25) is 9.59 Å². The van der Waals surface area contributed by atoms with E-state index in [1.165, 1.54) is 0 Å². The van der Waals surface area contributed by atoms with E-state index >= 15 is 0 Å². The molecule has 1 aromatic heterocycles. The first-order chi connectivity index (χ1) is 8.56. The largest absolute Gasteiger partial charge is 0.346 e. The number of pyridine rings is 1. The molecule has 0 aliphatic carbocycles. The van der Waals surface area contributed by atoms with E-state index in [4.69, 9.17) is 11.6 Å². The molecule has 5 nitrogen and oxygen atoms in total. The van der Waals surface area contributed by atoms with Crippen molar-refractivity contribution < 1.29 is 9.59 Å². The maximum Gasteiger partial charge on any atom is 0.270 e. The van der Waals surface area contributed by atoms with Crippen molar-refractivity contribution in [1.82, 2.24) is 15.2 Å². The summed E-state index contributed by atoms with van der Waals surface area (Å²) in [6, 6.07) is 4.88. The van der Waals surface area contributed by atoms with Crippen LogP contribution in [0.25, 0.3) is 0 Å². The number of carbonyl (C=O) groups excluding carboxylic acids is 2. The molecular weight excluding hydrogens is 254 g/mol. The number of likely N-dealkylation sites (tertiary alicyclic amines) is 1. The lowest BCUT2D eigenvalue weighted by Gasteiger charge is -2.30. The SMILES string of the molecule is CN1CC(NC(=O)c2cccc(Cl)n2)CCC1=O. The summed E-state index contributed by atoms with van der Waals surface area (Å²) in [6.45, 7) is 0.533. The number of aromatic nitrogens is 1. The molecule has 0 saturated carbocycles. The van der Waals surface area contributed by atoms with Gasteiger partial charge in [0.05, 0.1) is 0 Å². The van der Waals surface area contributed by atoms with Gasteiger partial charge in [-0.25, -0.2) is 4.98 Å². The molecule has 2 rings (SSSR count). The van der Waals surface area contributed by atoms with E-state index in [9.17, 15) is 9.59 Å². The minimum Gasteiger partial charge on any atom is -0.346 e. The summed E-state index contributed by atoms with van der Waals surface area (Å²) in [5.41, 5.74) is 0.294. The Morgan fingerprint density at radius 3 is 3.00 bits per heavy atom. The molecule has 0 bridgehead atoms. The van der Waals surface area contributed by atoms with Crippen LogP contribution in [0.2, 0.25) is 5.15 Å². The fourth-order valence-electron chi connectivity index (χ4n) is 1.92. The van der Waals surface area contributed by atoms with Gasteiger partial charge in [0.25, 0.3) is 5.91 Å². The molecule has 0 aromatic carbocycles. The van der Waals surface area contributed by atoms with E-state index in [0.717, 1.165) is 0 Å². The van der Waals surface area contributed by atoms with Crippen molar-refractivity contribution >= 4 is 23.4 Å². The molecule has 1 unspecified atom stereocenters. The Hall–Kier alpha value is -1.62. The van der Waals surface area contributed by atoms with E-state index in [1.54, 1.807) is 30.1 Å². The van der Waals surface area contributed by atoms with Crippen LogP contribution in [0.15, 0.2) is 18.2 Å². The second-order valence-electron chi connectivity index (χ2n) is 4.33. The fraction of sp³-hybridized carbons (Fsp3) is 0.417. The Labute approximate surface area is 110 Å². The van der Waals surface area contributed by atoms with Gasteiger partial charge in [0.1, 0.15) is 10.8 Å². The van der Waals surface area contributed by atoms with Crippen LogP contribution in [-0.2, 0) is 4.79 Å². The van der Waals surface area contributed by atoms with Gasteiger partial charge in [-0.1, -0.05) is 17.7 Å². The monoisotopic (exact) mass is 267 g/mol. The number of likely N-dealkylation sites (N-methyl/N-ethyl adjacent to an activating group) is 1. The van der Waals surface area contributed by atoms with Crippen molar-refractivity contribution in [2.45, 2.75) is 18.9 Å². The average Bonchev–Trinajstić information content (AvgIpc) is 2.34. The molecule has 1 aliphatic rings. The first-order valence-electron chi connectivity index (χ1n) is 5.73. The number of hydrogen-bond acceptors (Lipinski definition) is 3. The number of nitrogens with one attached hydrogen (secondary N) is 1. The summed E-state index contributed by atoms with van der Waals surface area (Å²) in [5.74, 6) is -0.147. The summed E-state index contributed by atoms with van der Waals surface area (Å²) in [4.78, 5) is 28.8. The number of rotatable bonds is 2. The van der Waals surface area contributed by atoms with E-state index in [0.29, 0.717) is 30.2 Å². The quantitative estimate of drug-likeness (QED) is 0.816. The molecule has 0 radical (unpaired) electrons. The molecular formula is C12H14ClN3O2. The maximum absolute atomic E-state index is 11.9. The van der Waals surface area contributed by atoms with Crippen LogP contribution in [0.4, 0.5) is 0 Å². The highest BCUT2D eigenvalue weighted by Gasteiger charge is 2.24. The summed E-state index contributed by atoms with van der Waals surface area (Å²) < 4.78 is 0. The molecule has 1 atom stereocenters. The van der Waals surface area contributed by atoms with Crippen LogP contribution < -0.4 is 5.32 Å². The number of hydrogen-bond donors (Lipinski definition) is 1. The van der Waals surface area contributed by atoms with Crippen LogP contribution >= 0.6 is 11.6 Å². The molecule has 1 fully saturated rings. The van der Waals surface area contributed by atoms with Crippen molar-refractivity contribution in [2.75, 3.05) is 13.6 Å². The second kappa shape index (κ2) is 5.35. The summed E-state index contributed by atoms with van der Waals surface area (Å²) in [6.07, 6.45) is 1.12. The van der Waals surface area contributed by atoms with Gasteiger partial charge in [0, 0.05) is 26.1 Å². The second-order valence-corrected chi connectivity index (χ2v) is 4.72. The van der Waals surface area contributed by atoms with Crippen molar-refractivity contribution in [1.29, 1.82) is 0 Å². The molecule has 1 aromatic rings. The van der Waals surface area contributed by atoms with Crippen LogP contribution in [0, 0.1) is 0 Å². The van der Waals surface area contributed by atoms with Crippen LogP contribution in [0.3, 0.4) is 0 Å². The zero-order chi connectivity index (χ0) is 13.1. The molecule has 2 amide bonds. The first kappa shape index (κ1) is 12.8. The molecule has 96 valence electrons. The molecule has 1 saturated heterocycles. The normalized spacial score (nSPS) is 19.8. The van der Waals surface area contributed by atoms with Crippen molar-refractivity contribution in [3.05, 3.63) is 29.0 Å². The third-order valence-electron chi connectivity index (χ3n) is 2.91. The third-order valence-corrected chi connectivity index (χ3v) is 3.12. The molecule has 0 spiro atoms. The van der Waals surface area contributed by atoms with Crippen LogP contribution in [0.5, 0.6) is 0 Å². The van der Waals surface area contributed by atoms with Crippen LogP contribution in [0.1, 0.15) is 23.3 Å².